The Hall–Kier alpha value is -0.570. The highest BCUT2D eigenvalue weighted by molar-refractivity contribution is 5.81. The lowest BCUT2D eigenvalue weighted by Crippen LogP contribution is -2.48. The first kappa shape index (κ1) is 10.9. The maximum atomic E-state index is 11.9. The minimum Gasteiger partial charge on any atom is -0.323 e. The molecule has 1 aliphatic heterocycles. The van der Waals surface area contributed by atoms with Gasteiger partial charge in [0.1, 0.15) is 0 Å². The van der Waals surface area contributed by atoms with Gasteiger partial charge in [-0.25, -0.2) is 0 Å². The van der Waals surface area contributed by atoms with Crippen LogP contribution in [-0.2, 0) is 4.79 Å². The highest BCUT2D eigenvalue weighted by atomic mass is 16.2. The molecule has 1 heterocycles. The van der Waals surface area contributed by atoms with Gasteiger partial charge < -0.3 is 4.90 Å². The van der Waals surface area contributed by atoms with E-state index in [2.05, 4.69) is 31.0 Å². The minimum absolute atomic E-state index is 0.278. The Morgan fingerprint density at radius 2 is 2.27 bits per heavy atom. The second-order valence-corrected chi connectivity index (χ2v) is 5.50. The first-order chi connectivity index (χ1) is 7.06. The average Bonchev–Trinajstić information content (AvgIpc) is 2.68. The van der Waals surface area contributed by atoms with Crippen LogP contribution < -0.4 is 5.32 Å². The van der Waals surface area contributed by atoms with E-state index in [1.807, 2.05) is 0 Å². The van der Waals surface area contributed by atoms with E-state index in [-0.39, 0.29) is 6.17 Å². The van der Waals surface area contributed by atoms with Gasteiger partial charge in [0.2, 0.25) is 5.91 Å². The fourth-order valence-electron chi connectivity index (χ4n) is 3.12. The predicted molar refractivity (Wildman–Crippen MR) is 60.3 cm³/mol. The number of hydrogen-bond acceptors (Lipinski definition) is 2. The molecule has 3 nitrogen and oxygen atoms in total. The van der Waals surface area contributed by atoms with Crippen LogP contribution in [0.4, 0.5) is 0 Å². The molecule has 86 valence electrons. The van der Waals surface area contributed by atoms with Crippen LogP contribution in [0.2, 0.25) is 0 Å². The summed E-state index contributed by atoms with van der Waals surface area (Å²) in [5.41, 5.74) is 0.301. The lowest BCUT2D eigenvalue weighted by molar-refractivity contribution is -0.132. The van der Waals surface area contributed by atoms with Crippen LogP contribution in [0, 0.1) is 5.41 Å². The standard InChI is InChI=1S/C12H22N2O/c1-4-10-13-8-11(15)14(10)9-6-5-7-12(9,2)3/h9-10,13H,4-8H2,1-3H3. The third-order valence-corrected chi connectivity index (χ3v) is 4.04. The first-order valence-electron chi connectivity index (χ1n) is 6.11. The summed E-state index contributed by atoms with van der Waals surface area (Å²) in [4.78, 5) is 14.0. The molecule has 0 aromatic carbocycles. The topological polar surface area (TPSA) is 32.3 Å². The van der Waals surface area contributed by atoms with Crippen LogP contribution >= 0.6 is 0 Å². The number of carbonyl (C=O) groups excluding carboxylic acids is 1. The fraction of sp³-hybridized carbons (Fsp3) is 0.917. The Kier molecular flexibility index (Phi) is 2.75. The maximum absolute atomic E-state index is 11.9. The third kappa shape index (κ3) is 1.78. The predicted octanol–water partition coefficient (Wildman–Crippen LogP) is 1.73. The van der Waals surface area contributed by atoms with Crippen LogP contribution in [0.3, 0.4) is 0 Å². The van der Waals surface area contributed by atoms with Gasteiger partial charge in [-0.2, -0.15) is 0 Å². The highest BCUT2D eigenvalue weighted by Crippen LogP contribution is 2.41. The minimum atomic E-state index is 0.278. The smallest absolute Gasteiger partial charge is 0.238 e. The molecule has 2 aliphatic rings. The lowest BCUT2D eigenvalue weighted by atomic mass is 9.86. The van der Waals surface area contributed by atoms with Crippen molar-refractivity contribution in [1.29, 1.82) is 0 Å². The number of nitrogens with one attached hydrogen (secondary N) is 1. The van der Waals surface area contributed by atoms with Gasteiger partial charge in [-0.1, -0.05) is 27.2 Å². The summed E-state index contributed by atoms with van der Waals surface area (Å²) in [5.74, 6) is 0.293. The van der Waals surface area contributed by atoms with E-state index in [0.717, 1.165) is 6.42 Å². The van der Waals surface area contributed by atoms with Gasteiger partial charge in [0.25, 0.3) is 0 Å². The quantitative estimate of drug-likeness (QED) is 0.753. The molecule has 0 aromatic heterocycles. The summed E-state index contributed by atoms with van der Waals surface area (Å²) >= 11 is 0. The Morgan fingerprint density at radius 1 is 1.53 bits per heavy atom. The summed E-state index contributed by atoms with van der Waals surface area (Å²) in [6, 6.07) is 0.449. The molecule has 1 saturated carbocycles. The molecule has 1 amide bonds. The van der Waals surface area contributed by atoms with Crippen molar-refractivity contribution in [3.05, 3.63) is 0 Å². The van der Waals surface area contributed by atoms with E-state index in [0.29, 0.717) is 23.9 Å². The van der Waals surface area contributed by atoms with Gasteiger partial charge in [0.05, 0.1) is 12.7 Å². The van der Waals surface area contributed by atoms with Crippen LogP contribution in [-0.4, -0.2) is 29.6 Å². The molecule has 1 aliphatic carbocycles. The van der Waals surface area contributed by atoms with Crippen molar-refractivity contribution in [1.82, 2.24) is 10.2 Å². The maximum Gasteiger partial charge on any atom is 0.238 e. The van der Waals surface area contributed by atoms with Crippen molar-refractivity contribution in [2.24, 2.45) is 5.41 Å². The zero-order chi connectivity index (χ0) is 11.1. The van der Waals surface area contributed by atoms with E-state index >= 15 is 0 Å². The largest absolute Gasteiger partial charge is 0.323 e. The molecule has 0 radical (unpaired) electrons. The van der Waals surface area contributed by atoms with Gasteiger partial charge in [-0.05, 0) is 24.7 Å². The molecular weight excluding hydrogens is 188 g/mol. The zero-order valence-corrected chi connectivity index (χ0v) is 10.0. The van der Waals surface area contributed by atoms with Crippen LogP contribution in [0.5, 0.6) is 0 Å². The van der Waals surface area contributed by atoms with Crippen molar-refractivity contribution in [2.45, 2.75) is 58.7 Å². The average molecular weight is 210 g/mol. The van der Waals surface area contributed by atoms with Crippen LogP contribution in [0.1, 0.15) is 46.5 Å². The van der Waals surface area contributed by atoms with Crippen molar-refractivity contribution in [2.75, 3.05) is 6.54 Å². The summed E-state index contributed by atoms with van der Waals surface area (Å²) in [6.07, 6.45) is 4.98. The zero-order valence-electron chi connectivity index (χ0n) is 10.0. The van der Waals surface area contributed by atoms with Crippen molar-refractivity contribution < 1.29 is 4.79 Å². The van der Waals surface area contributed by atoms with Crippen molar-refractivity contribution in [3.63, 3.8) is 0 Å². The second kappa shape index (κ2) is 3.78. The van der Waals surface area contributed by atoms with Gasteiger partial charge in [0, 0.05) is 6.04 Å². The van der Waals surface area contributed by atoms with Crippen LogP contribution in [0.15, 0.2) is 0 Å². The van der Waals surface area contributed by atoms with Gasteiger partial charge in [0.15, 0.2) is 0 Å². The monoisotopic (exact) mass is 210 g/mol. The molecule has 3 heteroatoms. The summed E-state index contributed by atoms with van der Waals surface area (Å²) < 4.78 is 0. The Bertz CT molecular complexity index is 262. The molecule has 2 unspecified atom stereocenters. The van der Waals surface area contributed by atoms with Crippen molar-refractivity contribution in [3.8, 4) is 0 Å². The third-order valence-electron chi connectivity index (χ3n) is 4.04. The molecule has 2 atom stereocenters. The van der Waals surface area contributed by atoms with Crippen molar-refractivity contribution >= 4 is 5.91 Å². The molecule has 0 spiro atoms. The normalized spacial score (nSPS) is 35.1. The lowest BCUT2D eigenvalue weighted by Gasteiger charge is -2.38. The number of hydrogen-bond donors (Lipinski definition) is 1. The van der Waals surface area contributed by atoms with E-state index < -0.39 is 0 Å². The molecule has 1 saturated heterocycles. The highest BCUT2D eigenvalue weighted by Gasteiger charge is 2.44. The first-order valence-corrected chi connectivity index (χ1v) is 6.11. The van der Waals surface area contributed by atoms with E-state index in [4.69, 9.17) is 0 Å². The molecular formula is C12H22N2O. The molecule has 0 aromatic rings. The number of rotatable bonds is 2. The van der Waals surface area contributed by atoms with Gasteiger partial charge in [-0.3, -0.25) is 10.1 Å². The summed E-state index contributed by atoms with van der Waals surface area (Å²) in [7, 11) is 0. The molecule has 2 rings (SSSR count). The molecule has 0 bridgehead atoms. The summed E-state index contributed by atoms with van der Waals surface area (Å²) in [5, 5.41) is 3.30. The van der Waals surface area contributed by atoms with E-state index in [1.165, 1.54) is 19.3 Å². The fourth-order valence-corrected chi connectivity index (χ4v) is 3.12. The van der Waals surface area contributed by atoms with E-state index in [9.17, 15) is 4.79 Å². The number of nitrogens with zero attached hydrogens (tertiary/aromatic N) is 1. The number of amides is 1. The second-order valence-electron chi connectivity index (χ2n) is 5.50. The van der Waals surface area contributed by atoms with Gasteiger partial charge in [-0.15, -0.1) is 0 Å². The Labute approximate surface area is 92.2 Å². The van der Waals surface area contributed by atoms with Gasteiger partial charge >= 0.3 is 0 Å². The Balaban J connectivity index is 2.17. The number of carbonyl (C=O) groups is 1. The SMILES string of the molecule is CCC1NCC(=O)N1C1CCCC1(C)C. The summed E-state index contributed by atoms with van der Waals surface area (Å²) in [6.45, 7) is 7.27. The molecule has 15 heavy (non-hydrogen) atoms. The van der Waals surface area contributed by atoms with Crippen LogP contribution in [0.25, 0.3) is 0 Å². The molecule has 2 fully saturated rings. The Morgan fingerprint density at radius 3 is 2.80 bits per heavy atom. The molecule has 1 N–H and O–H groups in total. The van der Waals surface area contributed by atoms with E-state index in [1.54, 1.807) is 0 Å².